The van der Waals surface area contributed by atoms with Crippen LogP contribution in [-0.2, 0) is 16.6 Å². The fraction of sp³-hybridized carbons (Fsp3) is 0.312. The molecule has 136 valence electrons. The van der Waals surface area contributed by atoms with Crippen molar-refractivity contribution >= 4 is 21.7 Å². The van der Waals surface area contributed by atoms with Crippen LogP contribution in [0.25, 0.3) is 0 Å². The molecule has 0 spiro atoms. The van der Waals surface area contributed by atoms with Crippen molar-refractivity contribution < 1.29 is 27.5 Å². The van der Waals surface area contributed by atoms with Crippen LogP contribution >= 0.6 is 0 Å². The quantitative estimate of drug-likeness (QED) is 0.579. The minimum Gasteiger partial charge on any atom is -0.485 e. The Bertz CT molecular complexity index is 831. The Balaban J connectivity index is 2.47. The Hall–Kier alpha value is -2.52. The van der Waals surface area contributed by atoms with E-state index < -0.39 is 16.0 Å². The number of hydrogen-bond acceptors (Lipinski definition) is 6. The number of benzene rings is 1. The molecule has 0 aliphatic heterocycles. The predicted molar refractivity (Wildman–Crippen MR) is 91.2 cm³/mol. The molecule has 9 heteroatoms. The lowest BCUT2D eigenvalue weighted by Gasteiger charge is -2.17. The van der Waals surface area contributed by atoms with Gasteiger partial charge in [-0.2, -0.15) is 0 Å². The Morgan fingerprint density at radius 2 is 2.16 bits per heavy atom. The van der Waals surface area contributed by atoms with Crippen LogP contribution in [0.5, 0.6) is 5.75 Å². The number of anilines is 1. The van der Waals surface area contributed by atoms with Crippen LogP contribution in [0.3, 0.4) is 0 Å². The smallest absolute Gasteiger partial charge is 0.335 e. The van der Waals surface area contributed by atoms with Crippen molar-refractivity contribution in [3.05, 3.63) is 41.9 Å². The van der Waals surface area contributed by atoms with Crippen molar-refractivity contribution in [3.8, 4) is 5.75 Å². The first-order valence-corrected chi connectivity index (χ1v) is 9.19. The first-order valence-electron chi connectivity index (χ1n) is 7.64. The zero-order chi connectivity index (χ0) is 18.4. The van der Waals surface area contributed by atoms with Crippen molar-refractivity contribution in [2.45, 2.75) is 31.3 Å². The number of hydrogen-bond donors (Lipinski definition) is 3. The van der Waals surface area contributed by atoms with E-state index in [1.807, 2.05) is 6.92 Å². The summed E-state index contributed by atoms with van der Waals surface area (Å²) in [5, 5.41) is 17.5. The fourth-order valence-electron chi connectivity index (χ4n) is 2.15. The molecule has 0 aliphatic rings. The number of nitrogens with one attached hydrogen (secondary N) is 1. The highest BCUT2D eigenvalue weighted by molar-refractivity contribution is 7.89. The summed E-state index contributed by atoms with van der Waals surface area (Å²) in [5.41, 5.74) is 0.766. The molecule has 1 heterocycles. The zero-order valence-electron chi connectivity index (χ0n) is 13.7. The third-order valence-electron chi connectivity index (χ3n) is 3.42. The average Bonchev–Trinajstić information content (AvgIpc) is 3.05. The summed E-state index contributed by atoms with van der Waals surface area (Å²) in [5.74, 6) is -1.27. The highest BCUT2D eigenvalue weighted by atomic mass is 32.2. The van der Waals surface area contributed by atoms with E-state index in [2.05, 4.69) is 5.32 Å². The number of sulfonamides is 1. The Kier molecular flexibility index (Phi) is 6.05. The van der Waals surface area contributed by atoms with E-state index >= 15 is 0 Å². The second kappa shape index (κ2) is 8.04. The molecule has 8 nitrogen and oxygen atoms in total. The summed E-state index contributed by atoms with van der Waals surface area (Å²) in [6.45, 7) is 2.58. The predicted octanol–water partition coefficient (Wildman–Crippen LogP) is 2.42. The van der Waals surface area contributed by atoms with E-state index in [9.17, 15) is 18.3 Å². The molecule has 0 bridgehead atoms. The van der Waals surface area contributed by atoms with Gasteiger partial charge in [0.1, 0.15) is 11.5 Å². The van der Waals surface area contributed by atoms with Crippen LogP contribution in [-0.4, -0.2) is 26.0 Å². The summed E-state index contributed by atoms with van der Waals surface area (Å²) in [7, 11) is -4.19. The molecule has 1 aromatic heterocycles. The SMILES string of the molecule is CCCCNc1cc(C(=O)O)cc(S(N)(=O)=O)c1OCc1ccoc1. The van der Waals surface area contributed by atoms with E-state index in [0.29, 0.717) is 12.1 Å². The summed E-state index contributed by atoms with van der Waals surface area (Å²) in [4.78, 5) is 10.9. The molecule has 0 atom stereocenters. The van der Waals surface area contributed by atoms with E-state index in [0.717, 1.165) is 18.9 Å². The number of ether oxygens (including phenoxy) is 1. The van der Waals surface area contributed by atoms with Gasteiger partial charge in [-0.3, -0.25) is 0 Å². The monoisotopic (exact) mass is 368 g/mol. The number of nitrogens with two attached hydrogens (primary N) is 1. The third kappa shape index (κ3) is 4.97. The van der Waals surface area contributed by atoms with Crippen LogP contribution in [0.15, 0.2) is 40.0 Å². The second-order valence-corrected chi connectivity index (χ2v) is 6.93. The lowest BCUT2D eigenvalue weighted by atomic mass is 10.1. The standard InChI is InChI=1S/C16H20N2O6S/c1-2-3-5-18-13-7-12(16(19)20)8-14(25(17,21)22)15(13)24-10-11-4-6-23-9-11/h4,6-9,18H,2-3,5,10H2,1H3,(H,19,20)(H2,17,21,22). The van der Waals surface area contributed by atoms with E-state index in [-0.39, 0.29) is 28.5 Å². The van der Waals surface area contributed by atoms with Gasteiger partial charge in [0.15, 0.2) is 5.75 Å². The Morgan fingerprint density at radius 1 is 1.40 bits per heavy atom. The molecule has 0 saturated carbocycles. The van der Waals surface area contributed by atoms with Gasteiger partial charge >= 0.3 is 5.97 Å². The van der Waals surface area contributed by atoms with Crippen molar-refractivity contribution in [2.75, 3.05) is 11.9 Å². The van der Waals surface area contributed by atoms with Gasteiger partial charge in [-0.1, -0.05) is 13.3 Å². The molecule has 4 N–H and O–H groups in total. The number of carboxylic acids is 1. The van der Waals surface area contributed by atoms with Crippen molar-refractivity contribution in [1.29, 1.82) is 0 Å². The number of carbonyl (C=O) groups is 1. The molecule has 0 aliphatic carbocycles. The summed E-state index contributed by atoms with van der Waals surface area (Å²) < 4.78 is 34.4. The maximum Gasteiger partial charge on any atom is 0.335 e. The van der Waals surface area contributed by atoms with Gasteiger partial charge in [0.25, 0.3) is 0 Å². The minimum absolute atomic E-state index is 0.00944. The Labute approximate surface area is 145 Å². The van der Waals surface area contributed by atoms with Gasteiger partial charge < -0.3 is 19.6 Å². The zero-order valence-corrected chi connectivity index (χ0v) is 14.5. The number of unbranched alkanes of at least 4 members (excludes halogenated alkanes) is 1. The second-order valence-electron chi connectivity index (χ2n) is 5.40. The fourth-order valence-corrected chi connectivity index (χ4v) is 2.87. The molecular weight excluding hydrogens is 348 g/mol. The first-order chi connectivity index (χ1) is 11.8. The number of aromatic carboxylic acids is 1. The van der Waals surface area contributed by atoms with Crippen molar-refractivity contribution in [3.63, 3.8) is 0 Å². The summed E-state index contributed by atoms with van der Waals surface area (Å²) in [6, 6.07) is 4.00. The van der Waals surface area contributed by atoms with Gasteiger partial charge in [-0.15, -0.1) is 0 Å². The van der Waals surface area contributed by atoms with Gasteiger partial charge in [0, 0.05) is 12.1 Å². The Morgan fingerprint density at radius 3 is 2.72 bits per heavy atom. The molecule has 0 fully saturated rings. The molecule has 0 saturated heterocycles. The van der Waals surface area contributed by atoms with Crippen LogP contribution in [0, 0.1) is 0 Å². The summed E-state index contributed by atoms with van der Waals surface area (Å²) >= 11 is 0. The van der Waals surface area contributed by atoms with Crippen LogP contribution < -0.4 is 15.2 Å². The number of primary sulfonamides is 1. The molecular formula is C16H20N2O6S. The average molecular weight is 368 g/mol. The maximum absolute atomic E-state index is 11.9. The normalized spacial score (nSPS) is 11.3. The third-order valence-corrected chi connectivity index (χ3v) is 4.33. The highest BCUT2D eigenvalue weighted by Crippen LogP contribution is 2.34. The first kappa shape index (κ1) is 18.8. The van der Waals surface area contributed by atoms with E-state index in [1.54, 1.807) is 6.07 Å². The maximum atomic E-state index is 11.9. The molecule has 2 aromatic rings. The number of rotatable bonds is 9. The van der Waals surface area contributed by atoms with Crippen LogP contribution in [0.2, 0.25) is 0 Å². The molecule has 25 heavy (non-hydrogen) atoms. The van der Waals surface area contributed by atoms with E-state index in [4.69, 9.17) is 14.3 Å². The largest absolute Gasteiger partial charge is 0.485 e. The number of carboxylic acid groups (broad SMARTS) is 1. The van der Waals surface area contributed by atoms with Crippen molar-refractivity contribution in [2.24, 2.45) is 5.14 Å². The molecule has 0 unspecified atom stereocenters. The van der Waals surface area contributed by atoms with Crippen LogP contribution in [0.1, 0.15) is 35.7 Å². The van der Waals surface area contributed by atoms with Gasteiger partial charge in [-0.05, 0) is 24.6 Å². The van der Waals surface area contributed by atoms with Gasteiger partial charge in [-0.25, -0.2) is 18.4 Å². The molecule has 0 radical (unpaired) electrons. The molecule has 2 rings (SSSR count). The van der Waals surface area contributed by atoms with Gasteiger partial charge in [0.05, 0.1) is 23.8 Å². The molecule has 1 aromatic carbocycles. The topological polar surface area (TPSA) is 132 Å². The molecule has 0 amide bonds. The lowest BCUT2D eigenvalue weighted by Crippen LogP contribution is -2.17. The van der Waals surface area contributed by atoms with Gasteiger partial charge in [0.2, 0.25) is 10.0 Å². The van der Waals surface area contributed by atoms with Crippen LogP contribution in [0.4, 0.5) is 5.69 Å². The number of furan rings is 1. The summed E-state index contributed by atoms with van der Waals surface area (Å²) in [6.07, 6.45) is 4.67. The lowest BCUT2D eigenvalue weighted by molar-refractivity contribution is 0.0696. The minimum atomic E-state index is -4.19. The van der Waals surface area contributed by atoms with Crippen molar-refractivity contribution in [1.82, 2.24) is 0 Å². The van der Waals surface area contributed by atoms with E-state index in [1.165, 1.54) is 18.6 Å². The highest BCUT2D eigenvalue weighted by Gasteiger charge is 2.23.